The van der Waals surface area contributed by atoms with Crippen LogP contribution < -0.4 is 0 Å². The van der Waals surface area contributed by atoms with Gasteiger partial charge in [0.2, 0.25) is 0 Å². The monoisotopic (exact) mass is 139 g/mol. The molecule has 1 fully saturated rings. The van der Waals surface area contributed by atoms with Crippen molar-refractivity contribution >= 4 is 8.37 Å². The summed E-state index contributed by atoms with van der Waals surface area (Å²) in [6.07, 6.45) is 6.44. The molecule has 0 aromatic heterocycles. The molecule has 0 heterocycles. The minimum atomic E-state index is 0.773. The zero-order valence-electron chi connectivity index (χ0n) is 5.30. The summed E-state index contributed by atoms with van der Waals surface area (Å²) in [7, 11) is 0.773. The normalized spacial score (nSPS) is 39.8. The van der Waals surface area contributed by atoms with E-state index in [-0.39, 0.29) is 0 Å². The highest BCUT2D eigenvalue weighted by molar-refractivity contribution is 7.30. The van der Waals surface area contributed by atoms with E-state index < -0.39 is 0 Å². The standard InChI is InChI=1S/C7H10NP/c8-9-7-4-5-1-2-6(7)3-5/h4-6,8H,1-3H2. The molecule has 0 amide bonds. The molecule has 0 aromatic rings. The summed E-state index contributed by atoms with van der Waals surface area (Å²) >= 11 is 0. The molecular weight excluding hydrogens is 129 g/mol. The Morgan fingerprint density at radius 3 is 2.78 bits per heavy atom. The number of fused-ring (bicyclic) bond motifs is 2. The second-order valence-electron chi connectivity index (χ2n) is 2.97. The van der Waals surface area contributed by atoms with Crippen LogP contribution in [-0.2, 0) is 0 Å². The minimum absolute atomic E-state index is 0.773. The molecule has 0 radical (unpaired) electrons. The number of nitrogens with one attached hydrogen (secondary N) is 1. The van der Waals surface area contributed by atoms with Crippen molar-refractivity contribution in [2.75, 3.05) is 0 Å². The van der Waals surface area contributed by atoms with Gasteiger partial charge in [0, 0.05) is 8.37 Å². The van der Waals surface area contributed by atoms with Gasteiger partial charge in [-0.3, -0.25) is 5.16 Å². The van der Waals surface area contributed by atoms with Crippen molar-refractivity contribution in [3.8, 4) is 0 Å². The first-order chi connectivity index (χ1) is 4.40. The lowest BCUT2D eigenvalue weighted by Crippen LogP contribution is -1.89. The Balaban J connectivity index is 2.26. The van der Waals surface area contributed by atoms with E-state index >= 15 is 0 Å². The summed E-state index contributed by atoms with van der Waals surface area (Å²) in [5.74, 6) is 1.68. The van der Waals surface area contributed by atoms with E-state index in [1.165, 1.54) is 24.6 Å². The van der Waals surface area contributed by atoms with Crippen LogP contribution in [0, 0.1) is 17.0 Å². The molecule has 2 unspecified atom stereocenters. The van der Waals surface area contributed by atoms with Gasteiger partial charge in [-0.25, -0.2) is 0 Å². The van der Waals surface area contributed by atoms with E-state index in [0.717, 1.165) is 20.2 Å². The van der Waals surface area contributed by atoms with E-state index in [1.807, 2.05) is 0 Å². The molecule has 2 atom stereocenters. The van der Waals surface area contributed by atoms with E-state index in [4.69, 9.17) is 5.16 Å². The molecule has 0 spiro atoms. The summed E-state index contributed by atoms with van der Waals surface area (Å²) < 4.78 is 0. The average Bonchev–Trinajstić information content (AvgIpc) is 2.45. The third-order valence-electron chi connectivity index (χ3n) is 2.43. The van der Waals surface area contributed by atoms with Crippen LogP contribution in [0.3, 0.4) is 0 Å². The lowest BCUT2D eigenvalue weighted by atomic mass is 10.1. The Morgan fingerprint density at radius 2 is 2.44 bits per heavy atom. The zero-order chi connectivity index (χ0) is 6.27. The maximum Gasteiger partial charge on any atom is 0.0307 e. The number of allylic oxidation sites excluding steroid dienone is 2. The summed E-state index contributed by atoms with van der Waals surface area (Å²) in [5.41, 5.74) is 0. The molecule has 0 aliphatic heterocycles. The van der Waals surface area contributed by atoms with Crippen molar-refractivity contribution in [3.05, 3.63) is 11.4 Å². The molecule has 2 rings (SSSR count). The van der Waals surface area contributed by atoms with Crippen LogP contribution in [0.5, 0.6) is 0 Å². The summed E-state index contributed by atoms with van der Waals surface area (Å²) in [5, 5.41) is 8.55. The van der Waals surface area contributed by atoms with Crippen LogP contribution in [0.15, 0.2) is 11.4 Å². The van der Waals surface area contributed by atoms with Crippen LogP contribution in [0.4, 0.5) is 0 Å². The molecule has 2 aliphatic rings. The molecule has 0 aromatic carbocycles. The Bertz CT molecular complexity index is 174. The van der Waals surface area contributed by atoms with Crippen LogP contribution in [-0.4, -0.2) is 0 Å². The van der Waals surface area contributed by atoms with Gasteiger partial charge in [0.1, 0.15) is 0 Å². The minimum Gasteiger partial charge on any atom is -0.279 e. The topological polar surface area (TPSA) is 23.9 Å². The Kier molecular flexibility index (Phi) is 1.19. The van der Waals surface area contributed by atoms with E-state index in [2.05, 4.69) is 6.08 Å². The maximum absolute atomic E-state index is 7.16. The lowest BCUT2D eigenvalue weighted by Gasteiger charge is -2.05. The Hall–Kier alpha value is -0.160. The summed E-state index contributed by atoms with van der Waals surface area (Å²) in [6, 6.07) is 0. The highest BCUT2D eigenvalue weighted by Gasteiger charge is 2.31. The van der Waals surface area contributed by atoms with Gasteiger partial charge < -0.3 is 0 Å². The SMILES string of the molecule is N=PC1=CC2CCC1C2. The number of hydrogen-bond donors (Lipinski definition) is 1. The molecule has 1 N–H and O–H groups in total. The van der Waals surface area contributed by atoms with Gasteiger partial charge in [0.05, 0.1) is 0 Å². The van der Waals surface area contributed by atoms with Crippen LogP contribution in [0.1, 0.15) is 19.3 Å². The van der Waals surface area contributed by atoms with Gasteiger partial charge in [0.15, 0.2) is 0 Å². The highest BCUT2D eigenvalue weighted by Crippen LogP contribution is 2.47. The fourth-order valence-corrected chi connectivity index (χ4v) is 2.64. The maximum atomic E-state index is 7.16. The Labute approximate surface area is 56.8 Å². The first-order valence-corrected chi connectivity index (χ1v) is 4.39. The highest BCUT2D eigenvalue weighted by atomic mass is 31.1. The molecule has 1 nitrogen and oxygen atoms in total. The Morgan fingerprint density at radius 1 is 1.56 bits per heavy atom. The van der Waals surface area contributed by atoms with E-state index in [9.17, 15) is 0 Å². The van der Waals surface area contributed by atoms with Crippen LogP contribution >= 0.6 is 8.37 Å². The predicted octanol–water partition coefficient (Wildman–Crippen LogP) is 3.01. The van der Waals surface area contributed by atoms with Crippen LogP contribution in [0.25, 0.3) is 0 Å². The second kappa shape index (κ2) is 1.91. The van der Waals surface area contributed by atoms with Crippen LogP contribution in [0.2, 0.25) is 0 Å². The van der Waals surface area contributed by atoms with Gasteiger partial charge >= 0.3 is 0 Å². The first-order valence-electron chi connectivity index (χ1n) is 3.49. The number of hydrogen-bond acceptors (Lipinski definition) is 1. The fraction of sp³-hybridized carbons (Fsp3) is 0.714. The third kappa shape index (κ3) is 0.753. The summed E-state index contributed by atoms with van der Waals surface area (Å²) in [6.45, 7) is 0. The number of rotatable bonds is 1. The van der Waals surface area contributed by atoms with E-state index in [0.29, 0.717) is 0 Å². The van der Waals surface area contributed by atoms with Crippen molar-refractivity contribution in [3.63, 3.8) is 0 Å². The molecule has 2 bridgehead atoms. The van der Waals surface area contributed by atoms with Gasteiger partial charge in [-0.15, -0.1) is 0 Å². The predicted molar refractivity (Wildman–Crippen MR) is 38.6 cm³/mol. The zero-order valence-corrected chi connectivity index (χ0v) is 6.20. The quantitative estimate of drug-likeness (QED) is 0.540. The molecule has 1 saturated carbocycles. The molecule has 9 heavy (non-hydrogen) atoms. The smallest absolute Gasteiger partial charge is 0.0307 e. The molecule has 48 valence electrons. The molecule has 2 aliphatic carbocycles. The van der Waals surface area contributed by atoms with Crippen molar-refractivity contribution in [2.45, 2.75) is 19.3 Å². The second-order valence-corrected chi connectivity index (χ2v) is 3.71. The molecular formula is C7H10NP. The van der Waals surface area contributed by atoms with Crippen molar-refractivity contribution in [2.24, 2.45) is 11.8 Å². The summed E-state index contributed by atoms with van der Waals surface area (Å²) in [4.78, 5) is 0. The molecule has 2 heteroatoms. The van der Waals surface area contributed by atoms with E-state index in [1.54, 1.807) is 0 Å². The molecule has 0 saturated heterocycles. The van der Waals surface area contributed by atoms with Gasteiger partial charge in [-0.2, -0.15) is 0 Å². The van der Waals surface area contributed by atoms with Crippen molar-refractivity contribution < 1.29 is 0 Å². The van der Waals surface area contributed by atoms with Crippen molar-refractivity contribution in [1.29, 1.82) is 5.16 Å². The lowest BCUT2D eigenvalue weighted by molar-refractivity contribution is 0.685. The van der Waals surface area contributed by atoms with Crippen molar-refractivity contribution in [1.82, 2.24) is 0 Å². The first kappa shape index (κ1) is 5.61. The fourth-order valence-electron chi connectivity index (χ4n) is 1.94. The van der Waals surface area contributed by atoms with Gasteiger partial charge in [0.25, 0.3) is 0 Å². The largest absolute Gasteiger partial charge is 0.279 e. The average molecular weight is 139 g/mol. The van der Waals surface area contributed by atoms with Gasteiger partial charge in [-0.05, 0) is 36.4 Å². The van der Waals surface area contributed by atoms with Gasteiger partial charge in [-0.1, -0.05) is 6.08 Å². The third-order valence-corrected chi connectivity index (χ3v) is 3.20.